The first-order valence-corrected chi connectivity index (χ1v) is 6.93. The van der Waals surface area contributed by atoms with Crippen LogP contribution < -0.4 is 0 Å². The number of hydrogen-bond acceptors (Lipinski definition) is 0. The molecule has 2 rings (SSSR count). The van der Waals surface area contributed by atoms with Crippen LogP contribution in [0.3, 0.4) is 0 Å². The molecule has 2 aliphatic carbocycles. The Morgan fingerprint density at radius 3 is 2.31 bits per heavy atom. The minimum Gasteiger partial charge on any atom is -0.0998 e. The highest BCUT2D eigenvalue weighted by Gasteiger charge is 2.53. The van der Waals surface area contributed by atoms with E-state index in [9.17, 15) is 0 Å². The van der Waals surface area contributed by atoms with Crippen molar-refractivity contribution in [3.05, 3.63) is 12.2 Å². The predicted molar refractivity (Wildman–Crippen MR) is 71.3 cm³/mol. The highest BCUT2D eigenvalue weighted by molar-refractivity contribution is 5.11. The van der Waals surface area contributed by atoms with Crippen molar-refractivity contribution in [2.75, 3.05) is 0 Å². The molecule has 0 heteroatoms. The second-order valence-corrected chi connectivity index (χ2v) is 7.45. The zero-order chi connectivity index (χ0) is 12.1. The Balaban J connectivity index is 2.32. The van der Waals surface area contributed by atoms with E-state index in [0.29, 0.717) is 10.8 Å². The Morgan fingerprint density at radius 1 is 1.12 bits per heavy atom. The minimum atomic E-state index is 0.530. The first kappa shape index (κ1) is 12.2. The molecule has 0 aromatic rings. The van der Waals surface area contributed by atoms with Crippen LogP contribution in [-0.4, -0.2) is 0 Å². The van der Waals surface area contributed by atoms with E-state index in [-0.39, 0.29) is 0 Å². The fraction of sp³-hybridized carbons (Fsp3) is 0.875. The van der Waals surface area contributed by atoms with Crippen molar-refractivity contribution in [3.8, 4) is 0 Å². The summed E-state index contributed by atoms with van der Waals surface area (Å²) in [6, 6.07) is 0. The second kappa shape index (κ2) is 3.62. The van der Waals surface area contributed by atoms with Crippen LogP contribution in [0, 0.1) is 28.6 Å². The average Bonchev–Trinajstić information content (AvgIpc) is 2.52. The number of allylic oxidation sites excluding steroid dienone is 1. The van der Waals surface area contributed by atoms with Crippen molar-refractivity contribution < 1.29 is 0 Å². The smallest absolute Gasteiger partial charge is 0.0172 e. The molecule has 0 saturated heterocycles. The van der Waals surface area contributed by atoms with Crippen molar-refractivity contribution in [1.82, 2.24) is 0 Å². The molecule has 0 amide bonds. The van der Waals surface area contributed by atoms with Gasteiger partial charge in [0.2, 0.25) is 0 Å². The maximum Gasteiger partial charge on any atom is -0.0172 e. The van der Waals surface area contributed by atoms with Gasteiger partial charge in [0, 0.05) is 0 Å². The third-order valence-corrected chi connectivity index (χ3v) is 6.01. The Hall–Kier alpha value is -0.260. The van der Waals surface area contributed by atoms with Gasteiger partial charge in [-0.25, -0.2) is 0 Å². The third-order valence-electron chi connectivity index (χ3n) is 6.01. The summed E-state index contributed by atoms with van der Waals surface area (Å²) in [4.78, 5) is 0. The summed E-state index contributed by atoms with van der Waals surface area (Å²) in [6.07, 6.45) is 5.65. The highest BCUT2D eigenvalue weighted by atomic mass is 14.6. The van der Waals surface area contributed by atoms with Gasteiger partial charge in [-0.1, -0.05) is 39.8 Å². The fourth-order valence-electron chi connectivity index (χ4n) is 4.44. The van der Waals surface area contributed by atoms with Gasteiger partial charge in [0.05, 0.1) is 0 Å². The minimum absolute atomic E-state index is 0.530. The zero-order valence-electron chi connectivity index (χ0n) is 11.8. The van der Waals surface area contributed by atoms with Gasteiger partial charge >= 0.3 is 0 Å². The molecule has 0 aliphatic heterocycles. The van der Waals surface area contributed by atoms with Gasteiger partial charge in [-0.15, -0.1) is 0 Å². The summed E-state index contributed by atoms with van der Waals surface area (Å²) in [5.41, 5.74) is 2.57. The largest absolute Gasteiger partial charge is 0.0998 e. The molecule has 4 atom stereocenters. The van der Waals surface area contributed by atoms with Gasteiger partial charge in [0.15, 0.2) is 0 Å². The highest BCUT2D eigenvalue weighted by Crippen LogP contribution is 2.62. The van der Waals surface area contributed by atoms with Gasteiger partial charge in [-0.05, 0) is 61.2 Å². The molecule has 0 N–H and O–H groups in total. The summed E-state index contributed by atoms with van der Waals surface area (Å²) in [6.45, 7) is 16.4. The molecule has 0 aromatic heterocycles. The van der Waals surface area contributed by atoms with Crippen molar-refractivity contribution in [2.24, 2.45) is 28.6 Å². The second-order valence-electron chi connectivity index (χ2n) is 7.45. The Labute approximate surface area is 102 Å². The molecule has 2 saturated carbocycles. The molecule has 0 heterocycles. The van der Waals surface area contributed by atoms with Crippen LogP contribution in [0.5, 0.6) is 0 Å². The fourth-order valence-corrected chi connectivity index (χ4v) is 4.44. The summed E-state index contributed by atoms with van der Waals surface area (Å²) in [5.74, 6) is 2.52. The van der Waals surface area contributed by atoms with Crippen LogP contribution in [0.15, 0.2) is 12.2 Å². The van der Waals surface area contributed by atoms with Gasteiger partial charge in [0.1, 0.15) is 0 Å². The molecular formula is C16H28. The lowest BCUT2D eigenvalue weighted by atomic mass is 9.54. The molecule has 0 radical (unpaired) electrons. The van der Waals surface area contributed by atoms with E-state index < -0.39 is 0 Å². The van der Waals surface area contributed by atoms with E-state index in [2.05, 4.69) is 41.2 Å². The third kappa shape index (κ3) is 1.65. The number of hydrogen-bond donors (Lipinski definition) is 0. The maximum atomic E-state index is 4.24. The van der Waals surface area contributed by atoms with Crippen LogP contribution in [0.4, 0.5) is 0 Å². The lowest BCUT2D eigenvalue weighted by Gasteiger charge is -2.51. The zero-order valence-corrected chi connectivity index (χ0v) is 11.8. The predicted octanol–water partition coefficient (Wildman–Crippen LogP) is 5.05. The molecule has 16 heavy (non-hydrogen) atoms. The first-order chi connectivity index (χ1) is 7.28. The van der Waals surface area contributed by atoms with Crippen molar-refractivity contribution in [1.29, 1.82) is 0 Å². The molecule has 0 aromatic carbocycles. The number of rotatable bonds is 1. The van der Waals surface area contributed by atoms with Gasteiger partial charge in [-0.2, -0.15) is 0 Å². The number of fused-ring (bicyclic) bond motifs is 1. The molecule has 0 bridgehead atoms. The van der Waals surface area contributed by atoms with E-state index in [0.717, 1.165) is 17.8 Å². The topological polar surface area (TPSA) is 0 Å². The molecule has 2 fully saturated rings. The Kier molecular flexibility index (Phi) is 2.76. The van der Waals surface area contributed by atoms with E-state index in [1.165, 1.54) is 31.3 Å². The average molecular weight is 220 g/mol. The molecule has 2 aliphatic rings. The van der Waals surface area contributed by atoms with Crippen LogP contribution in [0.1, 0.15) is 60.3 Å². The molecule has 4 unspecified atom stereocenters. The Bertz CT molecular complexity index is 299. The van der Waals surface area contributed by atoms with E-state index >= 15 is 0 Å². The van der Waals surface area contributed by atoms with Crippen LogP contribution >= 0.6 is 0 Å². The quantitative estimate of drug-likeness (QED) is 0.542. The summed E-state index contributed by atoms with van der Waals surface area (Å²) >= 11 is 0. The first-order valence-electron chi connectivity index (χ1n) is 6.93. The van der Waals surface area contributed by atoms with E-state index in [4.69, 9.17) is 0 Å². The molecule has 0 spiro atoms. The lowest BCUT2D eigenvalue weighted by Crippen LogP contribution is -2.43. The van der Waals surface area contributed by atoms with Crippen molar-refractivity contribution in [2.45, 2.75) is 60.3 Å². The molecule has 0 nitrogen and oxygen atoms in total. The van der Waals surface area contributed by atoms with Crippen molar-refractivity contribution in [3.63, 3.8) is 0 Å². The SMILES string of the molecule is C=C(C)C1CCC2(C)CCC(C)(C)C(C)C12. The van der Waals surface area contributed by atoms with Crippen LogP contribution in [-0.2, 0) is 0 Å². The summed E-state index contributed by atoms with van der Waals surface area (Å²) in [7, 11) is 0. The van der Waals surface area contributed by atoms with Gasteiger partial charge in [0.25, 0.3) is 0 Å². The van der Waals surface area contributed by atoms with Gasteiger partial charge < -0.3 is 0 Å². The molecule has 92 valence electrons. The Morgan fingerprint density at radius 2 is 1.75 bits per heavy atom. The van der Waals surface area contributed by atoms with E-state index in [1.54, 1.807) is 0 Å². The monoisotopic (exact) mass is 220 g/mol. The maximum absolute atomic E-state index is 4.24. The van der Waals surface area contributed by atoms with Crippen molar-refractivity contribution >= 4 is 0 Å². The van der Waals surface area contributed by atoms with Crippen LogP contribution in [0.2, 0.25) is 0 Å². The van der Waals surface area contributed by atoms with E-state index in [1.807, 2.05) is 0 Å². The standard InChI is InChI=1S/C16H28/c1-11(2)13-7-8-16(6)10-9-15(4,5)12(3)14(13)16/h12-14H,1,7-10H2,2-6H3. The molecular weight excluding hydrogens is 192 g/mol. The van der Waals surface area contributed by atoms with Gasteiger partial charge in [-0.3, -0.25) is 0 Å². The normalized spacial score (nSPS) is 46.4. The summed E-state index contributed by atoms with van der Waals surface area (Å²) < 4.78 is 0. The van der Waals surface area contributed by atoms with Crippen LogP contribution in [0.25, 0.3) is 0 Å². The summed E-state index contributed by atoms with van der Waals surface area (Å²) in [5, 5.41) is 0. The lowest BCUT2D eigenvalue weighted by molar-refractivity contribution is -0.0118.